The van der Waals surface area contributed by atoms with Crippen molar-refractivity contribution in [2.24, 2.45) is 0 Å². The van der Waals surface area contributed by atoms with Gasteiger partial charge in [-0.15, -0.1) is 0 Å². The van der Waals surface area contributed by atoms with Crippen molar-refractivity contribution in [1.82, 2.24) is 0 Å². The Hall–Kier alpha value is 0.480. The summed E-state index contributed by atoms with van der Waals surface area (Å²) in [7, 11) is 9.17. The van der Waals surface area contributed by atoms with E-state index in [1.54, 1.807) is 0 Å². The third kappa shape index (κ3) is 83.4. The van der Waals surface area contributed by atoms with Crippen LogP contribution < -0.4 is 34.0 Å². The van der Waals surface area contributed by atoms with E-state index in [1.807, 2.05) is 0 Å². The summed E-state index contributed by atoms with van der Waals surface area (Å²) >= 11 is 0. The molecule has 0 aromatic heterocycles. The van der Waals surface area contributed by atoms with Crippen LogP contribution in [0, 0.1) is 0 Å². The molecule has 0 N–H and O–H groups in total. The van der Waals surface area contributed by atoms with Crippen LogP contribution in [0.15, 0.2) is 0 Å². The monoisotopic (exact) mass is 1500 g/mol. The lowest BCUT2D eigenvalue weighted by Crippen LogP contribution is -3.00. The zero-order valence-corrected chi connectivity index (χ0v) is 69.0. The minimum atomic E-state index is 0. The third-order valence-electron chi connectivity index (χ3n) is 19.0. The van der Waals surface area contributed by atoms with Gasteiger partial charge in [0.1, 0.15) is 38.4 Å². The summed E-state index contributed by atoms with van der Waals surface area (Å²) in [5.41, 5.74) is 0. The quantitative estimate of drug-likeness (QED) is 0.0433. The minimum Gasteiger partial charge on any atom is -1.00 e. The summed E-state index contributed by atoms with van der Waals surface area (Å²) in [6.07, 6.45) is 68.4. The van der Waals surface area contributed by atoms with E-state index in [2.05, 4.69) is 55.9 Å². The van der Waals surface area contributed by atoms with Crippen LogP contribution in [-0.2, 0) is 47.4 Å². The molecule has 0 aromatic carbocycles. The first-order valence-corrected chi connectivity index (χ1v) is 41.7. The second-order valence-electron chi connectivity index (χ2n) is 29.8. The van der Waals surface area contributed by atoms with Crippen molar-refractivity contribution < 1.29 is 90.3 Å². The summed E-state index contributed by atoms with van der Waals surface area (Å²) < 4.78 is 62.6. The van der Waals surface area contributed by atoms with Gasteiger partial charge in [-0.25, -0.2) is 0 Å². The summed E-state index contributed by atoms with van der Waals surface area (Å²) in [5, 5.41) is 0. The highest BCUT2D eigenvalue weighted by atomic mass is 79.9. The third-order valence-corrected chi connectivity index (χ3v) is 19.0. The average Bonchev–Trinajstić information content (AvgIpc) is 1.48. The van der Waals surface area contributed by atoms with E-state index in [9.17, 15) is 0 Å². The number of ether oxygens (including phenoxy) is 10. The largest absolute Gasteiger partial charge is 1.00 e. The Morgan fingerprint density at radius 2 is 0.354 bits per heavy atom. The number of halogens is 2. The van der Waals surface area contributed by atoms with Crippen LogP contribution >= 0.6 is 0 Å². The zero-order valence-electron chi connectivity index (χ0n) is 65.8. The molecule has 0 spiro atoms. The Labute approximate surface area is 620 Å². The molecule has 2 unspecified atom stereocenters. The van der Waals surface area contributed by atoms with Gasteiger partial charge in [-0.1, -0.05) is 323 Å². The molecule has 12 nitrogen and oxygen atoms in total. The molecule has 0 heterocycles. The molecule has 0 amide bonds. The lowest BCUT2D eigenvalue weighted by Gasteiger charge is -2.33. The topological polar surface area (TPSA) is 92.3 Å². The number of nitrogens with zero attached hydrogens (tertiary/aromatic N) is 2. The minimum absolute atomic E-state index is 0. The van der Waals surface area contributed by atoms with Crippen molar-refractivity contribution in [1.29, 1.82) is 0 Å². The molecule has 0 saturated heterocycles. The van der Waals surface area contributed by atoms with E-state index in [4.69, 9.17) is 47.4 Å². The molecule has 0 saturated carbocycles. The highest BCUT2D eigenvalue weighted by Crippen LogP contribution is 2.18. The Morgan fingerprint density at radius 3 is 0.552 bits per heavy atom. The lowest BCUT2D eigenvalue weighted by molar-refractivity contribution is -0.894. The fourth-order valence-electron chi connectivity index (χ4n) is 12.7. The van der Waals surface area contributed by atoms with E-state index in [0.717, 1.165) is 87.3 Å². The first kappa shape index (κ1) is 101. The summed E-state index contributed by atoms with van der Waals surface area (Å²) in [5.74, 6) is 0. The maximum Gasteiger partial charge on any atom is 0.130 e. The Morgan fingerprint density at radius 1 is 0.188 bits per heavy atom. The van der Waals surface area contributed by atoms with Gasteiger partial charge in [-0.2, -0.15) is 0 Å². The summed E-state index contributed by atoms with van der Waals surface area (Å²) in [4.78, 5) is 0. The number of rotatable bonds is 85. The molecule has 0 aliphatic rings. The van der Waals surface area contributed by atoms with Crippen LogP contribution in [0.1, 0.15) is 349 Å². The van der Waals surface area contributed by atoms with E-state index in [0.29, 0.717) is 92.5 Å². The Balaban J connectivity index is -0.0000432. The standard InChI is InChI=1S/C82H170N2O10.2BrH/c1-9-13-17-21-25-29-33-37-40-44-48-52-56-62-92-80-82(94-64-58-54-50-46-42-38-34-30-26-22-18-14-10-2)78-84(7,8)60-66-86-68-70-88-72-74-90-76-75-89-73-71-87-69-67-85-65-59-83(5,6)77-81(93-63-57-53-49-45-41-36-32-28-24-20-16-12-4)79-91-61-55-51-47-43-39-35-31-27-23-19-15-11-3;;/h81-82H,9-80H2,1-8H3;2*1H/q+2;;/p-2. The summed E-state index contributed by atoms with van der Waals surface area (Å²) in [6.45, 7) is 24.5. The van der Waals surface area contributed by atoms with Crippen LogP contribution in [0.4, 0.5) is 0 Å². The smallest absolute Gasteiger partial charge is 0.130 e. The Bertz CT molecular complexity index is 1390. The van der Waals surface area contributed by atoms with Crippen molar-refractivity contribution in [2.45, 2.75) is 361 Å². The second-order valence-corrected chi connectivity index (χ2v) is 29.8. The summed E-state index contributed by atoms with van der Waals surface area (Å²) in [6, 6.07) is 0. The van der Waals surface area contributed by atoms with Gasteiger partial charge in [-0.3, -0.25) is 0 Å². The lowest BCUT2D eigenvalue weighted by atomic mass is 10.0. The number of unbranched alkanes of at least 4 members (excludes halogenated alkanes) is 46. The normalized spacial score (nSPS) is 12.6. The highest BCUT2D eigenvalue weighted by Gasteiger charge is 2.25. The van der Waals surface area contributed by atoms with E-state index in [-0.39, 0.29) is 46.2 Å². The predicted molar refractivity (Wildman–Crippen MR) is 403 cm³/mol. The van der Waals surface area contributed by atoms with E-state index >= 15 is 0 Å². The van der Waals surface area contributed by atoms with Gasteiger partial charge in [0.2, 0.25) is 0 Å². The zero-order chi connectivity index (χ0) is 68.1. The van der Waals surface area contributed by atoms with Gasteiger partial charge < -0.3 is 90.3 Å². The second kappa shape index (κ2) is 84.4. The first-order chi connectivity index (χ1) is 46.2. The van der Waals surface area contributed by atoms with Gasteiger partial charge >= 0.3 is 0 Å². The average molecular weight is 1500 g/mol. The molecule has 0 aromatic rings. The van der Waals surface area contributed by atoms with Crippen molar-refractivity contribution in [2.75, 3.05) is 173 Å². The number of likely N-dealkylation sites (N-methyl/N-ethyl adjacent to an activating group) is 2. The molecule has 96 heavy (non-hydrogen) atoms. The maximum atomic E-state index is 6.57. The number of hydrogen-bond donors (Lipinski definition) is 0. The van der Waals surface area contributed by atoms with Gasteiger partial charge in [0.15, 0.2) is 0 Å². The van der Waals surface area contributed by atoms with Gasteiger partial charge in [-0.05, 0) is 25.7 Å². The molecular weight excluding hydrogens is 1330 g/mol. The van der Waals surface area contributed by atoms with Crippen molar-refractivity contribution in [3.8, 4) is 0 Å². The molecule has 0 aliphatic carbocycles. The van der Waals surface area contributed by atoms with Gasteiger partial charge in [0.05, 0.1) is 121 Å². The molecule has 0 bridgehead atoms. The van der Waals surface area contributed by atoms with E-state index < -0.39 is 0 Å². The highest BCUT2D eigenvalue weighted by molar-refractivity contribution is 4.61. The van der Waals surface area contributed by atoms with E-state index in [1.165, 1.54) is 295 Å². The van der Waals surface area contributed by atoms with Crippen LogP contribution in [0.3, 0.4) is 0 Å². The van der Waals surface area contributed by atoms with Crippen LogP contribution in [0.25, 0.3) is 0 Å². The van der Waals surface area contributed by atoms with Crippen LogP contribution in [0.2, 0.25) is 0 Å². The first-order valence-electron chi connectivity index (χ1n) is 41.7. The molecule has 0 aliphatic heterocycles. The van der Waals surface area contributed by atoms with Crippen LogP contribution in [0.5, 0.6) is 0 Å². The SMILES string of the molecule is CCCCCCCCCCCCCCCOCC(C[N+](C)(C)CCOCCOCCOCCOCCOCCOCC[N+](C)(C)CC(COCCCCCCCCCCCCCC)OCCCCCCCCCCCCCC)OCCCCCCCCCCCCCCC.[Br-].[Br-]. The Kier molecular flexibility index (Phi) is 88.5. The predicted octanol–water partition coefficient (Wildman–Crippen LogP) is 15.6. The number of hydrogen-bond acceptors (Lipinski definition) is 10. The fraction of sp³-hybridized carbons (Fsp3) is 1.00. The maximum absolute atomic E-state index is 6.57. The molecular formula is C82H170Br2N2O10. The van der Waals surface area contributed by atoms with Crippen molar-refractivity contribution >= 4 is 0 Å². The molecule has 582 valence electrons. The number of quaternary nitrogens is 2. The van der Waals surface area contributed by atoms with Crippen LogP contribution in [-0.4, -0.2) is 194 Å². The molecule has 0 rings (SSSR count). The molecule has 2 atom stereocenters. The molecule has 0 fully saturated rings. The molecule has 0 radical (unpaired) electrons. The van der Waals surface area contributed by atoms with Gasteiger partial charge in [0, 0.05) is 26.4 Å². The van der Waals surface area contributed by atoms with Gasteiger partial charge in [0.25, 0.3) is 0 Å². The van der Waals surface area contributed by atoms with Crippen molar-refractivity contribution in [3.05, 3.63) is 0 Å². The van der Waals surface area contributed by atoms with Crippen molar-refractivity contribution in [3.63, 3.8) is 0 Å². The molecule has 14 heteroatoms. The fourth-order valence-corrected chi connectivity index (χ4v) is 12.7.